The third-order valence-corrected chi connectivity index (χ3v) is 7.55. The molecule has 0 unspecified atom stereocenters. The number of sulfonamides is 1. The molecule has 1 aliphatic carbocycles. The standard InChI is InChI=1S/C18H22ClF3N2O2S.ClH/c1-23(27(25,26)17-4-2-3-14(19)11-17)15-5-6-16(12-15)24-9-7-13(8-10-24)18(20,21)22;/h2-6,11,13,15-16H,7-10,12H2,1H3;1H/t15-,16+;/m0./s1. The minimum atomic E-state index is -4.13. The van der Waals surface area contributed by atoms with Gasteiger partial charge >= 0.3 is 6.18 Å². The van der Waals surface area contributed by atoms with Crippen molar-refractivity contribution < 1.29 is 21.6 Å². The van der Waals surface area contributed by atoms with Gasteiger partial charge in [-0.15, -0.1) is 12.4 Å². The molecule has 0 bridgehead atoms. The van der Waals surface area contributed by atoms with Crippen LogP contribution in [0.4, 0.5) is 13.2 Å². The molecular formula is C18H23Cl2F3N2O2S. The minimum absolute atomic E-state index is 0. The van der Waals surface area contributed by atoms with Gasteiger partial charge in [-0.1, -0.05) is 29.8 Å². The van der Waals surface area contributed by atoms with Crippen LogP contribution in [0, 0.1) is 5.92 Å². The van der Waals surface area contributed by atoms with E-state index >= 15 is 0 Å². The molecule has 3 rings (SSSR count). The van der Waals surface area contributed by atoms with Gasteiger partial charge in [-0.2, -0.15) is 17.5 Å². The molecular weight excluding hydrogens is 436 g/mol. The second-order valence-electron chi connectivity index (χ2n) is 7.09. The quantitative estimate of drug-likeness (QED) is 0.629. The van der Waals surface area contributed by atoms with Gasteiger partial charge in [-0.25, -0.2) is 8.42 Å². The van der Waals surface area contributed by atoms with E-state index in [4.69, 9.17) is 11.6 Å². The highest BCUT2D eigenvalue weighted by atomic mass is 35.5. The number of likely N-dealkylation sites (N-methyl/N-ethyl adjacent to an activating group) is 1. The average Bonchev–Trinajstić information content (AvgIpc) is 3.10. The Morgan fingerprint density at radius 2 is 1.82 bits per heavy atom. The van der Waals surface area contributed by atoms with E-state index in [1.165, 1.54) is 23.5 Å². The maximum atomic E-state index is 12.8. The van der Waals surface area contributed by atoms with Gasteiger partial charge in [-0.05, 0) is 50.6 Å². The lowest BCUT2D eigenvalue weighted by molar-refractivity contribution is -0.185. The van der Waals surface area contributed by atoms with Crippen molar-refractivity contribution in [3.63, 3.8) is 0 Å². The number of piperidine rings is 1. The van der Waals surface area contributed by atoms with Crippen molar-refractivity contribution in [1.29, 1.82) is 0 Å². The number of hydrogen-bond donors (Lipinski definition) is 0. The summed E-state index contributed by atoms with van der Waals surface area (Å²) in [7, 11) is -2.18. The summed E-state index contributed by atoms with van der Waals surface area (Å²) in [5.74, 6) is -1.24. The van der Waals surface area contributed by atoms with Crippen molar-refractivity contribution in [2.75, 3.05) is 20.1 Å². The Bertz CT molecular complexity index is 809. The van der Waals surface area contributed by atoms with Gasteiger partial charge in [0.25, 0.3) is 0 Å². The van der Waals surface area contributed by atoms with E-state index in [-0.39, 0.29) is 42.2 Å². The van der Waals surface area contributed by atoms with Crippen molar-refractivity contribution >= 4 is 34.0 Å². The van der Waals surface area contributed by atoms with E-state index in [1.54, 1.807) is 12.1 Å². The van der Waals surface area contributed by atoms with Crippen molar-refractivity contribution in [2.45, 2.75) is 42.4 Å². The SMILES string of the molecule is CN([C@H]1C=C[C@@H](N2CCC(C(F)(F)F)CC2)C1)S(=O)(=O)c1cccc(Cl)c1.Cl. The van der Waals surface area contributed by atoms with Gasteiger partial charge in [0, 0.05) is 24.2 Å². The molecule has 1 aliphatic heterocycles. The molecule has 10 heteroatoms. The lowest BCUT2D eigenvalue weighted by Crippen LogP contribution is -2.44. The summed E-state index contributed by atoms with van der Waals surface area (Å²) in [6, 6.07) is 5.72. The Hall–Kier alpha value is -0.800. The molecule has 0 N–H and O–H groups in total. The Labute approximate surface area is 174 Å². The Balaban J connectivity index is 0.00000280. The predicted octanol–water partition coefficient (Wildman–Crippen LogP) is 4.35. The van der Waals surface area contributed by atoms with Gasteiger partial charge in [0.05, 0.1) is 10.8 Å². The zero-order valence-corrected chi connectivity index (χ0v) is 17.7. The van der Waals surface area contributed by atoms with E-state index in [0.717, 1.165) is 0 Å². The zero-order valence-electron chi connectivity index (χ0n) is 15.3. The highest BCUT2D eigenvalue weighted by Crippen LogP contribution is 2.36. The van der Waals surface area contributed by atoms with Gasteiger partial charge in [-0.3, -0.25) is 4.90 Å². The zero-order chi connectivity index (χ0) is 19.8. The van der Waals surface area contributed by atoms with Crippen LogP contribution >= 0.6 is 24.0 Å². The molecule has 4 nitrogen and oxygen atoms in total. The summed E-state index contributed by atoms with van der Waals surface area (Å²) in [4.78, 5) is 2.14. The van der Waals surface area contributed by atoms with E-state index in [9.17, 15) is 21.6 Å². The molecule has 0 radical (unpaired) electrons. The first kappa shape index (κ1) is 23.5. The number of nitrogens with zero attached hydrogens (tertiary/aromatic N) is 2. The Morgan fingerprint density at radius 3 is 2.39 bits per heavy atom. The van der Waals surface area contributed by atoms with Crippen LogP contribution in [0.2, 0.25) is 5.02 Å². The molecule has 2 aliphatic rings. The number of hydrogen-bond acceptors (Lipinski definition) is 3. The molecule has 158 valence electrons. The summed E-state index contributed by atoms with van der Waals surface area (Å²) in [5.41, 5.74) is 0. The van der Waals surface area contributed by atoms with Gasteiger partial charge < -0.3 is 0 Å². The third kappa shape index (κ3) is 5.02. The highest BCUT2D eigenvalue weighted by Gasteiger charge is 2.42. The van der Waals surface area contributed by atoms with Gasteiger partial charge in [0.1, 0.15) is 0 Å². The molecule has 1 aromatic rings. The topological polar surface area (TPSA) is 40.6 Å². The summed E-state index contributed by atoms with van der Waals surface area (Å²) in [5, 5.41) is 0.344. The fourth-order valence-corrected chi connectivity index (χ4v) is 5.36. The maximum absolute atomic E-state index is 12.8. The highest BCUT2D eigenvalue weighted by molar-refractivity contribution is 7.89. The number of likely N-dealkylation sites (tertiary alicyclic amines) is 1. The fourth-order valence-electron chi connectivity index (χ4n) is 3.73. The molecule has 0 amide bonds. The van der Waals surface area contributed by atoms with E-state index in [0.29, 0.717) is 24.5 Å². The van der Waals surface area contributed by atoms with Crippen molar-refractivity contribution in [3.8, 4) is 0 Å². The maximum Gasteiger partial charge on any atom is 0.391 e. The van der Waals surface area contributed by atoms with Crippen LogP contribution in [-0.2, 0) is 10.0 Å². The first-order valence-corrected chi connectivity index (χ1v) is 10.6. The molecule has 1 aromatic carbocycles. The van der Waals surface area contributed by atoms with Crippen LogP contribution in [0.3, 0.4) is 0 Å². The first-order chi connectivity index (χ1) is 12.6. The fraction of sp³-hybridized carbons (Fsp3) is 0.556. The van der Waals surface area contributed by atoms with E-state index in [2.05, 4.69) is 0 Å². The monoisotopic (exact) mass is 458 g/mol. The van der Waals surface area contributed by atoms with Crippen LogP contribution < -0.4 is 0 Å². The summed E-state index contributed by atoms with van der Waals surface area (Å²) in [6.07, 6.45) is 0.313. The predicted molar refractivity (Wildman–Crippen MR) is 105 cm³/mol. The molecule has 2 atom stereocenters. The van der Waals surface area contributed by atoms with Gasteiger partial charge in [0.15, 0.2) is 0 Å². The molecule has 1 heterocycles. The molecule has 1 fully saturated rings. The van der Waals surface area contributed by atoms with Crippen LogP contribution in [0.15, 0.2) is 41.3 Å². The largest absolute Gasteiger partial charge is 0.391 e. The number of alkyl halides is 3. The Morgan fingerprint density at radius 1 is 1.18 bits per heavy atom. The minimum Gasteiger partial charge on any atom is -0.297 e. The third-order valence-electron chi connectivity index (χ3n) is 5.44. The average molecular weight is 459 g/mol. The summed E-state index contributed by atoms with van der Waals surface area (Å²) >= 11 is 5.90. The van der Waals surface area contributed by atoms with Gasteiger partial charge in [0.2, 0.25) is 10.0 Å². The van der Waals surface area contributed by atoms with Crippen LogP contribution in [0.1, 0.15) is 19.3 Å². The smallest absolute Gasteiger partial charge is 0.297 e. The first-order valence-electron chi connectivity index (χ1n) is 8.82. The number of halogens is 5. The molecule has 0 spiro atoms. The van der Waals surface area contributed by atoms with E-state index < -0.39 is 22.1 Å². The summed E-state index contributed by atoms with van der Waals surface area (Å²) < 4.78 is 65.4. The van der Waals surface area contributed by atoms with Crippen LogP contribution in [0.5, 0.6) is 0 Å². The lowest BCUT2D eigenvalue weighted by atomic mass is 9.95. The normalized spacial score (nSPS) is 24.5. The van der Waals surface area contributed by atoms with Crippen LogP contribution in [-0.4, -0.2) is 56.0 Å². The molecule has 0 aromatic heterocycles. The molecule has 1 saturated heterocycles. The van der Waals surface area contributed by atoms with Crippen molar-refractivity contribution in [3.05, 3.63) is 41.4 Å². The number of benzene rings is 1. The molecule has 28 heavy (non-hydrogen) atoms. The molecule has 0 saturated carbocycles. The lowest BCUT2D eigenvalue weighted by Gasteiger charge is -2.36. The second-order valence-corrected chi connectivity index (χ2v) is 9.52. The Kier molecular flexibility index (Phi) is 7.48. The number of rotatable bonds is 4. The van der Waals surface area contributed by atoms with E-state index in [1.807, 2.05) is 17.1 Å². The summed E-state index contributed by atoms with van der Waals surface area (Å²) in [6.45, 7) is 0.743. The van der Waals surface area contributed by atoms with Crippen LogP contribution in [0.25, 0.3) is 0 Å². The second kappa shape index (κ2) is 8.92. The van der Waals surface area contributed by atoms with Crippen molar-refractivity contribution in [1.82, 2.24) is 9.21 Å². The van der Waals surface area contributed by atoms with Crippen molar-refractivity contribution in [2.24, 2.45) is 5.92 Å².